The van der Waals surface area contributed by atoms with E-state index in [1.807, 2.05) is 18.5 Å². The van der Waals surface area contributed by atoms with Gasteiger partial charge in [-0.1, -0.05) is 26.0 Å². The van der Waals surface area contributed by atoms with Gasteiger partial charge in [0, 0.05) is 31.6 Å². The Labute approximate surface area is 177 Å². The van der Waals surface area contributed by atoms with Crippen molar-refractivity contribution in [3.8, 4) is 0 Å². The van der Waals surface area contributed by atoms with Crippen molar-refractivity contribution in [2.45, 2.75) is 53.5 Å². The first-order valence-electron chi connectivity index (χ1n) is 10.2. The van der Waals surface area contributed by atoms with Gasteiger partial charge in [0.05, 0.1) is 16.9 Å². The van der Waals surface area contributed by atoms with E-state index in [0.29, 0.717) is 23.6 Å². The molecule has 0 aliphatic rings. The van der Waals surface area contributed by atoms with Gasteiger partial charge in [-0.3, -0.25) is 19.1 Å². The van der Waals surface area contributed by atoms with Crippen molar-refractivity contribution in [3.05, 3.63) is 46.8 Å². The number of nitrogens with two attached hydrogens (primary N) is 1. The predicted molar refractivity (Wildman–Crippen MR) is 116 cm³/mol. The van der Waals surface area contributed by atoms with E-state index in [-0.39, 0.29) is 31.2 Å². The van der Waals surface area contributed by atoms with Crippen LogP contribution in [0.2, 0.25) is 0 Å². The molecule has 0 saturated heterocycles. The maximum atomic E-state index is 12.5. The van der Waals surface area contributed by atoms with E-state index in [2.05, 4.69) is 29.6 Å². The van der Waals surface area contributed by atoms with Gasteiger partial charge in [0.15, 0.2) is 0 Å². The molecule has 8 nitrogen and oxygen atoms in total. The average Bonchev–Trinajstić information content (AvgIpc) is 2.92. The normalized spacial score (nSPS) is 10.8. The molecule has 3 amide bonds. The highest BCUT2D eigenvalue weighted by molar-refractivity contribution is 6.03. The third-order valence-corrected chi connectivity index (χ3v) is 4.77. The zero-order chi connectivity index (χ0) is 22.3. The lowest BCUT2D eigenvalue weighted by Crippen LogP contribution is -2.28. The number of nitrogens with one attached hydrogen (secondary N) is 2. The summed E-state index contributed by atoms with van der Waals surface area (Å²) in [5.41, 5.74) is 8.97. The van der Waals surface area contributed by atoms with E-state index in [1.165, 1.54) is 0 Å². The van der Waals surface area contributed by atoms with Crippen molar-refractivity contribution in [3.63, 3.8) is 0 Å². The molecule has 0 radical (unpaired) electrons. The minimum absolute atomic E-state index is 0.0590. The number of amides is 3. The van der Waals surface area contributed by atoms with E-state index in [9.17, 15) is 14.4 Å². The maximum Gasteiger partial charge on any atom is 0.253 e. The Morgan fingerprint density at radius 3 is 2.50 bits per heavy atom. The Balaban J connectivity index is 2.00. The summed E-state index contributed by atoms with van der Waals surface area (Å²) in [5, 5.41) is 10.0. The van der Waals surface area contributed by atoms with Crippen molar-refractivity contribution < 1.29 is 14.4 Å². The summed E-state index contributed by atoms with van der Waals surface area (Å²) in [6.07, 6.45) is 0.921. The number of hydrogen-bond acceptors (Lipinski definition) is 4. The van der Waals surface area contributed by atoms with E-state index in [0.717, 1.165) is 23.5 Å². The van der Waals surface area contributed by atoms with E-state index in [4.69, 9.17) is 5.73 Å². The second kappa shape index (κ2) is 10.6. The molecular formula is C22H31N5O3. The molecule has 0 fully saturated rings. The molecule has 8 heteroatoms. The van der Waals surface area contributed by atoms with E-state index < -0.39 is 5.91 Å². The topological polar surface area (TPSA) is 119 Å². The highest BCUT2D eigenvalue weighted by Gasteiger charge is 2.16. The molecule has 1 heterocycles. The number of anilines is 1. The monoisotopic (exact) mass is 413 g/mol. The third kappa shape index (κ3) is 6.43. The summed E-state index contributed by atoms with van der Waals surface area (Å²) in [5.74, 6) is -0.541. The Bertz CT molecular complexity index is 917. The highest BCUT2D eigenvalue weighted by Crippen LogP contribution is 2.19. The molecule has 0 unspecified atom stereocenters. The van der Waals surface area contributed by atoms with Crippen LogP contribution >= 0.6 is 0 Å². The summed E-state index contributed by atoms with van der Waals surface area (Å²) in [6, 6.07) is 6.77. The lowest BCUT2D eigenvalue weighted by atomic mass is 10.1. The van der Waals surface area contributed by atoms with Crippen molar-refractivity contribution in [1.29, 1.82) is 0 Å². The summed E-state index contributed by atoms with van der Waals surface area (Å²) in [4.78, 5) is 35.7. The van der Waals surface area contributed by atoms with Gasteiger partial charge < -0.3 is 16.4 Å². The number of carbonyl (C=O) groups excluding carboxylic acids is 3. The second-order valence-corrected chi connectivity index (χ2v) is 7.79. The molecule has 2 rings (SSSR count). The van der Waals surface area contributed by atoms with Crippen molar-refractivity contribution in [2.24, 2.45) is 11.7 Å². The zero-order valence-corrected chi connectivity index (χ0v) is 18.1. The molecule has 30 heavy (non-hydrogen) atoms. The van der Waals surface area contributed by atoms with Crippen LogP contribution in [0, 0.1) is 19.8 Å². The Morgan fingerprint density at radius 1 is 1.13 bits per heavy atom. The molecule has 0 aliphatic carbocycles. The fourth-order valence-electron chi connectivity index (χ4n) is 3.26. The number of primary amides is 1. The van der Waals surface area contributed by atoms with Crippen LogP contribution in [-0.4, -0.2) is 34.0 Å². The van der Waals surface area contributed by atoms with Crippen LogP contribution in [-0.2, 0) is 22.6 Å². The molecule has 0 saturated carbocycles. The second-order valence-electron chi connectivity index (χ2n) is 7.79. The van der Waals surface area contributed by atoms with Gasteiger partial charge in [-0.25, -0.2) is 0 Å². The maximum absolute atomic E-state index is 12.5. The zero-order valence-electron chi connectivity index (χ0n) is 18.1. The number of aromatic nitrogens is 2. The average molecular weight is 414 g/mol. The van der Waals surface area contributed by atoms with Crippen molar-refractivity contribution in [1.82, 2.24) is 15.1 Å². The molecule has 0 aliphatic heterocycles. The molecule has 0 bridgehead atoms. The predicted octanol–water partition coefficient (Wildman–Crippen LogP) is 2.33. The van der Waals surface area contributed by atoms with Gasteiger partial charge in [-0.2, -0.15) is 5.10 Å². The van der Waals surface area contributed by atoms with Crippen LogP contribution in [0.4, 0.5) is 5.69 Å². The van der Waals surface area contributed by atoms with Crippen LogP contribution in [0.5, 0.6) is 0 Å². The van der Waals surface area contributed by atoms with Crippen molar-refractivity contribution in [2.75, 3.05) is 11.9 Å². The van der Waals surface area contributed by atoms with Crippen LogP contribution in [0.15, 0.2) is 24.3 Å². The molecular weight excluding hydrogens is 382 g/mol. The molecule has 4 N–H and O–H groups in total. The van der Waals surface area contributed by atoms with Gasteiger partial charge in [0.25, 0.3) is 5.91 Å². The minimum Gasteiger partial charge on any atom is -0.370 e. The molecule has 0 atom stereocenters. The van der Waals surface area contributed by atoms with Crippen LogP contribution < -0.4 is 16.4 Å². The molecule has 2 aromatic rings. The molecule has 1 aromatic carbocycles. The Morgan fingerprint density at radius 2 is 1.83 bits per heavy atom. The minimum atomic E-state index is -0.487. The van der Waals surface area contributed by atoms with Gasteiger partial charge in [0.1, 0.15) is 0 Å². The summed E-state index contributed by atoms with van der Waals surface area (Å²) >= 11 is 0. The SMILES string of the molecule is Cc1nn(CC(C)C)c(C)c1CCC(=O)Nc1ccccc1C(=O)NCCC(N)=O. The van der Waals surface area contributed by atoms with E-state index in [1.54, 1.807) is 24.3 Å². The fraction of sp³-hybridized carbons (Fsp3) is 0.455. The first-order chi connectivity index (χ1) is 14.2. The number of hydrogen-bond donors (Lipinski definition) is 3. The first-order valence-corrected chi connectivity index (χ1v) is 10.2. The largest absolute Gasteiger partial charge is 0.370 e. The number of rotatable bonds is 10. The lowest BCUT2D eigenvalue weighted by Gasteiger charge is -2.11. The van der Waals surface area contributed by atoms with E-state index >= 15 is 0 Å². The standard InChI is InChI=1S/C22H31N5O3/c1-14(2)13-27-16(4)17(15(3)26-27)9-10-21(29)25-19-8-6-5-7-18(19)22(30)24-12-11-20(23)28/h5-8,14H,9-13H2,1-4H3,(H2,23,28)(H,24,30)(H,25,29). The fourth-order valence-corrected chi connectivity index (χ4v) is 3.26. The van der Waals surface area contributed by atoms with Gasteiger partial charge in [-0.05, 0) is 43.9 Å². The van der Waals surface area contributed by atoms with Gasteiger partial charge >= 0.3 is 0 Å². The smallest absolute Gasteiger partial charge is 0.253 e. The Hall–Kier alpha value is -3.16. The molecule has 1 aromatic heterocycles. The molecule has 162 valence electrons. The molecule has 0 spiro atoms. The number of aryl methyl sites for hydroxylation is 1. The number of benzene rings is 1. The third-order valence-electron chi connectivity index (χ3n) is 4.77. The summed E-state index contributed by atoms with van der Waals surface area (Å²) in [6.45, 7) is 9.27. The van der Waals surface area contributed by atoms with Gasteiger partial charge in [-0.15, -0.1) is 0 Å². The quantitative estimate of drug-likeness (QED) is 0.554. The summed E-state index contributed by atoms with van der Waals surface area (Å²) < 4.78 is 2.00. The number of para-hydroxylation sites is 1. The van der Waals surface area contributed by atoms with Crippen LogP contribution in [0.25, 0.3) is 0 Å². The highest BCUT2D eigenvalue weighted by atomic mass is 16.2. The Kier molecular flexibility index (Phi) is 8.15. The summed E-state index contributed by atoms with van der Waals surface area (Å²) in [7, 11) is 0. The number of carbonyl (C=O) groups is 3. The van der Waals surface area contributed by atoms with Crippen LogP contribution in [0.3, 0.4) is 0 Å². The lowest BCUT2D eigenvalue weighted by molar-refractivity contribution is -0.118. The van der Waals surface area contributed by atoms with Gasteiger partial charge in [0.2, 0.25) is 11.8 Å². The van der Waals surface area contributed by atoms with Crippen LogP contribution in [0.1, 0.15) is 54.0 Å². The first kappa shape index (κ1) is 23.1. The van der Waals surface area contributed by atoms with Crippen molar-refractivity contribution >= 4 is 23.4 Å². The number of nitrogens with zero attached hydrogens (tertiary/aromatic N) is 2.